The van der Waals surface area contributed by atoms with Gasteiger partial charge in [-0.15, -0.1) is 0 Å². The summed E-state index contributed by atoms with van der Waals surface area (Å²) in [6.07, 6.45) is 2.23. The molecule has 0 N–H and O–H groups in total. The highest BCUT2D eigenvalue weighted by Crippen LogP contribution is 2.32. The minimum Gasteiger partial charge on any atom is -0.477 e. The van der Waals surface area contributed by atoms with Crippen molar-refractivity contribution < 1.29 is 13.7 Å². The van der Waals surface area contributed by atoms with Crippen molar-refractivity contribution >= 4 is 16.8 Å². The van der Waals surface area contributed by atoms with Gasteiger partial charge in [0, 0.05) is 56.8 Å². The van der Waals surface area contributed by atoms with Crippen LogP contribution in [0.25, 0.3) is 11.0 Å². The normalized spacial score (nSPS) is 21.8. The van der Waals surface area contributed by atoms with Gasteiger partial charge >= 0.3 is 0 Å². The van der Waals surface area contributed by atoms with Crippen LogP contribution in [-0.2, 0) is 6.54 Å². The second kappa shape index (κ2) is 10.7. The predicted molar refractivity (Wildman–Crippen MR) is 140 cm³/mol. The Labute approximate surface area is 213 Å². The van der Waals surface area contributed by atoms with Crippen molar-refractivity contribution in [3.63, 3.8) is 0 Å². The molecule has 0 bridgehead atoms. The van der Waals surface area contributed by atoms with Gasteiger partial charge in [-0.2, -0.15) is 0 Å². The molecule has 2 aliphatic rings. The molecule has 194 valence electrons. The Morgan fingerprint density at radius 3 is 2.83 bits per heavy atom. The standard InChI is InChI=1S/C28H38FN5O2/c1-19(2)20(3)32(4)16-23-6-5-7-27(30-23)35-18-21-8-10-24-17-34(13-12-33(24)15-21)28-25-14-22(29)9-11-26(25)36-31-28/h5-7,9,11,14,19-21,24H,8,10,12-13,15-18H2,1-4H3/t20?,21-,24+/m1/s1. The lowest BCUT2D eigenvalue weighted by Gasteiger charge is -2.46. The lowest BCUT2D eigenvalue weighted by molar-refractivity contribution is 0.0715. The monoisotopic (exact) mass is 495 g/mol. The summed E-state index contributed by atoms with van der Waals surface area (Å²) in [5.41, 5.74) is 1.68. The fraction of sp³-hybridized carbons (Fsp3) is 0.571. The van der Waals surface area contributed by atoms with Crippen LogP contribution in [0.2, 0.25) is 0 Å². The van der Waals surface area contributed by atoms with E-state index in [1.54, 1.807) is 6.07 Å². The van der Waals surface area contributed by atoms with Gasteiger partial charge in [0.05, 0.1) is 17.7 Å². The first kappa shape index (κ1) is 25.0. The molecule has 7 nitrogen and oxygen atoms in total. The summed E-state index contributed by atoms with van der Waals surface area (Å²) in [6, 6.07) is 11.6. The average molecular weight is 496 g/mol. The van der Waals surface area contributed by atoms with Crippen LogP contribution in [0.5, 0.6) is 5.88 Å². The van der Waals surface area contributed by atoms with Crippen LogP contribution in [-0.4, -0.2) is 71.9 Å². The number of benzene rings is 1. The Morgan fingerprint density at radius 1 is 1.14 bits per heavy atom. The van der Waals surface area contributed by atoms with Crippen molar-refractivity contribution in [3.8, 4) is 5.88 Å². The van der Waals surface area contributed by atoms with E-state index in [2.05, 4.69) is 53.7 Å². The molecular weight excluding hydrogens is 457 g/mol. The number of nitrogens with zero attached hydrogens (tertiary/aromatic N) is 5. The van der Waals surface area contributed by atoms with Gasteiger partial charge in [-0.25, -0.2) is 9.37 Å². The minimum atomic E-state index is -0.261. The molecule has 0 amide bonds. The summed E-state index contributed by atoms with van der Waals surface area (Å²) in [5, 5.41) is 5.01. The van der Waals surface area contributed by atoms with Gasteiger partial charge in [0.1, 0.15) is 5.82 Å². The summed E-state index contributed by atoms with van der Waals surface area (Å²) in [4.78, 5) is 11.9. The molecule has 2 saturated heterocycles. The second-order valence-corrected chi connectivity index (χ2v) is 10.9. The zero-order valence-corrected chi connectivity index (χ0v) is 21.9. The molecule has 2 fully saturated rings. The van der Waals surface area contributed by atoms with E-state index in [1.165, 1.54) is 12.1 Å². The van der Waals surface area contributed by atoms with Crippen molar-refractivity contribution in [2.24, 2.45) is 11.8 Å². The van der Waals surface area contributed by atoms with Crippen LogP contribution < -0.4 is 9.64 Å². The molecular formula is C28H38FN5O2. The molecule has 2 aliphatic heterocycles. The summed E-state index contributed by atoms with van der Waals surface area (Å²) in [7, 11) is 2.15. The van der Waals surface area contributed by atoms with Gasteiger partial charge in [0.15, 0.2) is 11.4 Å². The number of piperazine rings is 1. The summed E-state index contributed by atoms with van der Waals surface area (Å²) < 4.78 is 25.4. The largest absolute Gasteiger partial charge is 0.477 e. The van der Waals surface area contributed by atoms with Crippen LogP contribution in [0.3, 0.4) is 0 Å². The Balaban J connectivity index is 1.13. The first-order valence-corrected chi connectivity index (χ1v) is 13.2. The number of rotatable bonds is 8. The van der Waals surface area contributed by atoms with E-state index in [9.17, 15) is 4.39 Å². The van der Waals surface area contributed by atoms with Crippen LogP contribution in [0.4, 0.5) is 10.2 Å². The van der Waals surface area contributed by atoms with E-state index in [0.29, 0.717) is 36.1 Å². The lowest BCUT2D eigenvalue weighted by atomic mass is 9.91. The van der Waals surface area contributed by atoms with E-state index in [4.69, 9.17) is 14.2 Å². The van der Waals surface area contributed by atoms with Gasteiger partial charge in [0.2, 0.25) is 5.88 Å². The molecule has 0 spiro atoms. The number of piperidine rings is 1. The van der Waals surface area contributed by atoms with E-state index < -0.39 is 0 Å². The Bertz CT molecular complexity index is 1170. The molecule has 3 aromatic rings. The molecule has 2 aromatic heterocycles. The maximum atomic E-state index is 13.8. The van der Waals surface area contributed by atoms with Gasteiger partial charge in [-0.1, -0.05) is 25.1 Å². The molecule has 3 atom stereocenters. The molecule has 4 heterocycles. The number of hydrogen-bond donors (Lipinski definition) is 0. The first-order valence-electron chi connectivity index (χ1n) is 13.2. The van der Waals surface area contributed by atoms with Crippen molar-refractivity contribution in [1.29, 1.82) is 0 Å². The number of pyridine rings is 1. The SMILES string of the molecule is CC(C)C(C)N(C)Cc1cccc(OC[C@@H]2CC[C@H]3CN(c4noc5ccc(F)cc45)CCN3C2)n1. The third-order valence-electron chi connectivity index (χ3n) is 8.04. The number of anilines is 1. The first-order chi connectivity index (χ1) is 17.4. The molecule has 36 heavy (non-hydrogen) atoms. The number of hydrogen-bond acceptors (Lipinski definition) is 7. The predicted octanol–water partition coefficient (Wildman–Crippen LogP) is 4.82. The quantitative estimate of drug-likeness (QED) is 0.444. The highest BCUT2D eigenvalue weighted by molar-refractivity contribution is 5.88. The zero-order valence-electron chi connectivity index (χ0n) is 21.9. The molecule has 0 saturated carbocycles. The van der Waals surface area contributed by atoms with Crippen LogP contribution >= 0.6 is 0 Å². The second-order valence-electron chi connectivity index (χ2n) is 10.9. The maximum absolute atomic E-state index is 13.8. The van der Waals surface area contributed by atoms with E-state index in [1.807, 2.05) is 12.1 Å². The van der Waals surface area contributed by atoms with E-state index in [0.717, 1.165) is 68.3 Å². The minimum absolute atomic E-state index is 0.261. The third-order valence-corrected chi connectivity index (χ3v) is 8.04. The van der Waals surface area contributed by atoms with Crippen LogP contribution in [0.1, 0.15) is 39.3 Å². The van der Waals surface area contributed by atoms with Crippen molar-refractivity contribution in [1.82, 2.24) is 19.9 Å². The molecule has 0 aliphatic carbocycles. The van der Waals surface area contributed by atoms with Crippen molar-refractivity contribution in [2.45, 2.75) is 52.2 Å². The highest BCUT2D eigenvalue weighted by Gasteiger charge is 2.34. The number of halogens is 1. The molecule has 1 aromatic carbocycles. The van der Waals surface area contributed by atoms with Gasteiger partial charge < -0.3 is 14.2 Å². The summed E-state index contributed by atoms with van der Waals surface area (Å²) >= 11 is 0. The van der Waals surface area contributed by atoms with Gasteiger partial charge in [-0.05, 0) is 57.0 Å². The van der Waals surface area contributed by atoms with Gasteiger partial charge in [0.25, 0.3) is 0 Å². The molecule has 0 radical (unpaired) electrons. The third kappa shape index (κ3) is 5.49. The molecule has 5 rings (SSSR count). The zero-order chi connectivity index (χ0) is 25.2. The lowest BCUT2D eigenvalue weighted by Crippen LogP contribution is -2.57. The Morgan fingerprint density at radius 2 is 2.00 bits per heavy atom. The summed E-state index contributed by atoms with van der Waals surface area (Å²) in [6.45, 7) is 12.0. The number of fused-ring (bicyclic) bond motifs is 2. The smallest absolute Gasteiger partial charge is 0.213 e. The van der Waals surface area contributed by atoms with Crippen molar-refractivity contribution in [3.05, 3.63) is 47.9 Å². The average Bonchev–Trinajstić information content (AvgIpc) is 3.29. The Hall–Kier alpha value is -2.71. The highest BCUT2D eigenvalue weighted by atomic mass is 19.1. The van der Waals surface area contributed by atoms with E-state index in [-0.39, 0.29) is 5.82 Å². The number of aromatic nitrogens is 2. The topological polar surface area (TPSA) is 57.9 Å². The van der Waals surface area contributed by atoms with Crippen LogP contribution in [0.15, 0.2) is 40.9 Å². The van der Waals surface area contributed by atoms with Crippen molar-refractivity contribution in [2.75, 3.05) is 44.7 Å². The molecule has 1 unspecified atom stereocenters. The fourth-order valence-corrected chi connectivity index (χ4v) is 5.45. The fourth-order valence-electron chi connectivity index (χ4n) is 5.45. The Kier molecular flexibility index (Phi) is 7.44. The van der Waals surface area contributed by atoms with E-state index >= 15 is 0 Å². The molecule has 8 heteroatoms. The van der Waals surface area contributed by atoms with Gasteiger partial charge in [-0.3, -0.25) is 9.80 Å². The number of ether oxygens (including phenoxy) is 1. The van der Waals surface area contributed by atoms with Crippen LogP contribution in [0, 0.1) is 17.7 Å². The maximum Gasteiger partial charge on any atom is 0.213 e. The summed E-state index contributed by atoms with van der Waals surface area (Å²) in [5.74, 6) is 2.31.